The lowest BCUT2D eigenvalue weighted by Crippen LogP contribution is -2.26. The minimum atomic E-state index is -1.05. The minimum absolute atomic E-state index is 0.250. The summed E-state index contributed by atoms with van der Waals surface area (Å²) in [4.78, 5) is 22.1. The topological polar surface area (TPSA) is 91.1 Å². The van der Waals surface area contributed by atoms with Gasteiger partial charge in [-0.1, -0.05) is 11.8 Å². The van der Waals surface area contributed by atoms with Gasteiger partial charge in [-0.05, 0) is 40.8 Å². The first kappa shape index (κ1) is 15.9. The average Bonchev–Trinajstić information content (AvgIpc) is 2.72. The zero-order valence-electron chi connectivity index (χ0n) is 10.4. The number of rotatable bonds is 4. The number of hydrogen-bond acceptors (Lipinski definition) is 5. The summed E-state index contributed by atoms with van der Waals surface area (Å²) >= 11 is 3.00. The number of hydrogen-bond donors (Lipinski definition) is 2. The fourth-order valence-electron chi connectivity index (χ4n) is 1.49. The molecule has 1 fully saturated rings. The van der Waals surface area contributed by atoms with E-state index < -0.39 is 17.1 Å². The molecule has 1 aromatic carbocycles. The molecule has 6 nitrogen and oxygen atoms in total. The second-order valence-corrected chi connectivity index (χ2v) is 6.36. The number of carboxylic acid groups (broad SMARTS) is 1. The normalized spacial score (nSPS) is 20.2. The van der Waals surface area contributed by atoms with E-state index in [9.17, 15) is 14.0 Å². The molecular weight excluding hydrogens is 412 g/mol. The van der Waals surface area contributed by atoms with Crippen molar-refractivity contribution in [1.29, 1.82) is 0 Å². The van der Waals surface area contributed by atoms with E-state index in [2.05, 4.69) is 15.5 Å². The van der Waals surface area contributed by atoms with E-state index in [0.29, 0.717) is 9.13 Å². The molecule has 0 saturated carbocycles. The van der Waals surface area contributed by atoms with Gasteiger partial charge in [-0.15, -0.1) is 5.10 Å². The molecule has 0 bridgehead atoms. The van der Waals surface area contributed by atoms with E-state index in [1.807, 2.05) is 22.6 Å². The Morgan fingerprint density at radius 2 is 2.33 bits per heavy atom. The molecule has 9 heteroatoms. The molecule has 0 aromatic heterocycles. The van der Waals surface area contributed by atoms with Gasteiger partial charge in [-0.2, -0.15) is 5.10 Å². The summed E-state index contributed by atoms with van der Waals surface area (Å²) in [6, 6.07) is 4.24. The lowest BCUT2D eigenvalue weighted by molar-refractivity contribution is -0.138. The maximum atomic E-state index is 12.9. The highest BCUT2D eigenvalue weighted by Crippen LogP contribution is 2.22. The third-order valence-corrected chi connectivity index (χ3v) is 4.45. The molecule has 1 saturated heterocycles. The highest BCUT2D eigenvalue weighted by molar-refractivity contribution is 14.1. The number of carbonyl (C=O) groups excluding carboxylic acids is 1. The highest BCUT2D eigenvalue weighted by atomic mass is 127. The summed E-state index contributed by atoms with van der Waals surface area (Å²) in [5, 5.41) is 18.3. The molecule has 1 aliphatic rings. The predicted molar refractivity (Wildman–Crippen MR) is 85.9 cm³/mol. The molecule has 1 amide bonds. The van der Waals surface area contributed by atoms with E-state index in [1.165, 1.54) is 18.3 Å². The van der Waals surface area contributed by atoms with Gasteiger partial charge >= 0.3 is 5.97 Å². The Balaban J connectivity index is 2.03. The minimum Gasteiger partial charge on any atom is -0.481 e. The maximum Gasteiger partial charge on any atom is 0.305 e. The number of benzene rings is 1. The summed E-state index contributed by atoms with van der Waals surface area (Å²) in [5.41, 5.74) is 0.692. The van der Waals surface area contributed by atoms with Gasteiger partial charge in [0.05, 0.1) is 12.6 Å². The number of amidine groups is 1. The third-order valence-electron chi connectivity index (χ3n) is 2.44. The van der Waals surface area contributed by atoms with Crippen molar-refractivity contribution >= 4 is 57.6 Å². The number of carboxylic acids is 1. The standard InChI is InChI=1S/C12H9FIN3O3S/c13-7-2-1-6(8(14)3-7)5-15-17-12-16-11(20)9(21-12)4-10(18)19/h1-3,5,9H,4H2,(H,18,19)(H,16,17,20). The Labute approximate surface area is 137 Å². The van der Waals surface area contributed by atoms with Crippen LogP contribution in [0.3, 0.4) is 0 Å². The van der Waals surface area contributed by atoms with Crippen molar-refractivity contribution in [3.63, 3.8) is 0 Å². The Hall–Kier alpha value is -1.49. The number of amides is 1. The van der Waals surface area contributed by atoms with Crippen LogP contribution < -0.4 is 5.32 Å². The van der Waals surface area contributed by atoms with E-state index in [0.717, 1.165) is 11.8 Å². The van der Waals surface area contributed by atoms with Gasteiger partial charge < -0.3 is 10.4 Å². The highest BCUT2D eigenvalue weighted by Gasteiger charge is 2.32. The van der Waals surface area contributed by atoms with Crippen LogP contribution >= 0.6 is 34.4 Å². The van der Waals surface area contributed by atoms with Crippen molar-refractivity contribution < 1.29 is 19.1 Å². The number of halogens is 2. The first-order valence-corrected chi connectivity index (χ1v) is 7.67. The number of nitrogens with one attached hydrogen (secondary N) is 1. The number of thioether (sulfide) groups is 1. The van der Waals surface area contributed by atoms with E-state index in [1.54, 1.807) is 6.07 Å². The monoisotopic (exact) mass is 421 g/mol. The molecule has 2 N–H and O–H groups in total. The first-order valence-electron chi connectivity index (χ1n) is 5.71. The van der Waals surface area contributed by atoms with Crippen LogP contribution in [0.25, 0.3) is 0 Å². The molecule has 2 rings (SSSR count). The summed E-state index contributed by atoms with van der Waals surface area (Å²) in [6.07, 6.45) is 1.17. The Bertz CT molecular complexity index is 651. The van der Waals surface area contributed by atoms with Crippen LogP contribution in [0.4, 0.5) is 4.39 Å². The quantitative estimate of drug-likeness (QED) is 0.441. The van der Waals surface area contributed by atoms with Gasteiger partial charge in [0.2, 0.25) is 5.91 Å². The molecule has 0 aliphatic carbocycles. The van der Waals surface area contributed by atoms with Crippen LogP contribution in [-0.2, 0) is 9.59 Å². The third kappa shape index (κ3) is 4.49. The van der Waals surface area contributed by atoms with Crippen molar-refractivity contribution in [3.05, 3.63) is 33.1 Å². The van der Waals surface area contributed by atoms with Crippen molar-refractivity contribution in [2.24, 2.45) is 10.2 Å². The molecule has 1 unspecified atom stereocenters. The summed E-state index contributed by atoms with van der Waals surface area (Å²) in [7, 11) is 0. The smallest absolute Gasteiger partial charge is 0.305 e. The molecule has 21 heavy (non-hydrogen) atoms. The lowest BCUT2D eigenvalue weighted by Gasteiger charge is -1.98. The molecule has 110 valence electrons. The van der Waals surface area contributed by atoms with E-state index in [4.69, 9.17) is 5.11 Å². The van der Waals surface area contributed by atoms with Crippen LogP contribution in [0.1, 0.15) is 12.0 Å². The molecule has 1 aromatic rings. The molecular formula is C12H9FIN3O3S. The van der Waals surface area contributed by atoms with Crippen LogP contribution in [0.2, 0.25) is 0 Å². The van der Waals surface area contributed by atoms with E-state index in [-0.39, 0.29) is 17.4 Å². The number of aliphatic carboxylic acids is 1. The van der Waals surface area contributed by atoms with Crippen LogP contribution in [0.15, 0.2) is 28.4 Å². The zero-order chi connectivity index (χ0) is 15.4. The summed E-state index contributed by atoms with van der Waals surface area (Å²) in [6.45, 7) is 0. The largest absolute Gasteiger partial charge is 0.481 e. The Morgan fingerprint density at radius 1 is 1.57 bits per heavy atom. The fourth-order valence-corrected chi connectivity index (χ4v) is 3.03. The zero-order valence-corrected chi connectivity index (χ0v) is 13.4. The molecule has 1 heterocycles. The van der Waals surface area contributed by atoms with Gasteiger partial charge in [0.1, 0.15) is 11.1 Å². The van der Waals surface area contributed by atoms with Crippen LogP contribution in [-0.4, -0.2) is 33.6 Å². The lowest BCUT2D eigenvalue weighted by atomic mass is 10.2. The SMILES string of the molecule is O=C(O)CC1SC(=NN=Cc2ccc(F)cc2I)NC1=O. The molecule has 1 aliphatic heterocycles. The molecule has 0 radical (unpaired) electrons. The Morgan fingerprint density at radius 3 is 3.00 bits per heavy atom. The van der Waals surface area contributed by atoms with Crippen LogP contribution in [0.5, 0.6) is 0 Å². The van der Waals surface area contributed by atoms with Gasteiger partial charge in [0.25, 0.3) is 0 Å². The van der Waals surface area contributed by atoms with Crippen molar-refractivity contribution in [2.45, 2.75) is 11.7 Å². The van der Waals surface area contributed by atoms with Gasteiger partial charge in [0.15, 0.2) is 5.17 Å². The first-order chi connectivity index (χ1) is 9.95. The summed E-state index contributed by atoms with van der Waals surface area (Å²) < 4.78 is 13.6. The number of nitrogens with zero attached hydrogens (tertiary/aromatic N) is 2. The Kier molecular flexibility index (Phi) is 5.28. The predicted octanol–water partition coefficient (Wildman–Crippen LogP) is 1.83. The van der Waals surface area contributed by atoms with Gasteiger partial charge in [-0.3, -0.25) is 9.59 Å². The maximum absolute atomic E-state index is 12.9. The van der Waals surface area contributed by atoms with Crippen molar-refractivity contribution in [2.75, 3.05) is 0 Å². The average molecular weight is 421 g/mol. The summed E-state index contributed by atoms with van der Waals surface area (Å²) in [5.74, 6) is -1.78. The van der Waals surface area contributed by atoms with Gasteiger partial charge in [0, 0.05) is 9.13 Å². The molecule has 0 spiro atoms. The second kappa shape index (κ2) is 6.98. The van der Waals surface area contributed by atoms with Crippen molar-refractivity contribution in [3.8, 4) is 0 Å². The number of carbonyl (C=O) groups is 2. The van der Waals surface area contributed by atoms with Gasteiger partial charge in [-0.25, -0.2) is 4.39 Å². The van der Waals surface area contributed by atoms with Crippen molar-refractivity contribution in [1.82, 2.24) is 5.32 Å². The fraction of sp³-hybridized carbons (Fsp3) is 0.167. The second-order valence-electron chi connectivity index (χ2n) is 4.01. The van der Waals surface area contributed by atoms with Crippen LogP contribution in [0, 0.1) is 9.39 Å². The molecule has 1 atom stereocenters. The van der Waals surface area contributed by atoms with E-state index >= 15 is 0 Å².